The third kappa shape index (κ3) is 4.60. The summed E-state index contributed by atoms with van der Waals surface area (Å²) in [5, 5.41) is 20.9. The van der Waals surface area contributed by atoms with Gasteiger partial charge in [0.05, 0.1) is 50.3 Å². The van der Waals surface area contributed by atoms with Crippen molar-refractivity contribution in [2.75, 3.05) is 11.4 Å². The number of ether oxygens (including phenoxy) is 1. The third-order valence-electron chi connectivity index (χ3n) is 9.60. The second kappa shape index (κ2) is 10.5. The van der Waals surface area contributed by atoms with Gasteiger partial charge in [0.15, 0.2) is 5.13 Å². The Balaban J connectivity index is 1.02. The SMILES string of the molecule is O=C(O)c1cc(C2CCCC2)c2nc(N3C[C@@H]4C[C@H]3CC4OCc3c(-c4c(Cl)cccc4Cl)nnn3C3CC3)sc2c1. The van der Waals surface area contributed by atoms with Gasteiger partial charge in [-0.25, -0.2) is 14.5 Å². The summed E-state index contributed by atoms with van der Waals surface area (Å²) in [6.45, 7) is 1.31. The van der Waals surface area contributed by atoms with E-state index < -0.39 is 5.97 Å². The molecule has 1 N–H and O–H groups in total. The average molecular weight is 625 g/mol. The summed E-state index contributed by atoms with van der Waals surface area (Å²) >= 11 is 14.7. The van der Waals surface area contributed by atoms with Crippen molar-refractivity contribution >= 4 is 55.9 Å². The van der Waals surface area contributed by atoms with Crippen LogP contribution in [0.3, 0.4) is 0 Å². The van der Waals surface area contributed by atoms with Gasteiger partial charge in [-0.2, -0.15) is 0 Å². The van der Waals surface area contributed by atoms with Gasteiger partial charge in [-0.1, -0.05) is 58.7 Å². The van der Waals surface area contributed by atoms with Crippen molar-refractivity contribution in [3.05, 3.63) is 57.2 Å². The molecule has 3 saturated carbocycles. The number of rotatable bonds is 8. The van der Waals surface area contributed by atoms with Gasteiger partial charge in [0.25, 0.3) is 0 Å². The Morgan fingerprint density at radius 1 is 1.07 bits per heavy atom. The van der Waals surface area contributed by atoms with Crippen LogP contribution in [0.5, 0.6) is 0 Å². The second-order valence-electron chi connectivity index (χ2n) is 12.2. The van der Waals surface area contributed by atoms with Gasteiger partial charge in [-0.3, -0.25) is 0 Å². The minimum Gasteiger partial charge on any atom is -0.478 e. The standard InChI is InChI=1S/C31H31Cl2N5O3S/c32-22-6-3-7-23(33)27(22)29-24(38(36-35-29)19-8-9-19)15-41-25-13-20-10-18(25)14-37(20)31-34-28-21(16-4-1-2-5-16)11-17(30(39)40)12-26(28)42-31/h3,6-7,11-12,16,18-20,25H,1-2,4-5,8-10,13-15H2,(H,39,40)/t18-,20-,25?/m0/s1. The van der Waals surface area contributed by atoms with Gasteiger partial charge >= 0.3 is 5.97 Å². The molecule has 8 nitrogen and oxygen atoms in total. The van der Waals surface area contributed by atoms with E-state index in [-0.39, 0.29) is 6.10 Å². The number of carboxylic acids is 1. The summed E-state index contributed by atoms with van der Waals surface area (Å²) in [4.78, 5) is 19.5. The highest BCUT2D eigenvalue weighted by Gasteiger charge is 2.46. The number of benzene rings is 2. The van der Waals surface area contributed by atoms with E-state index in [1.165, 1.54) is 12.8 Å². The molecule has 4 aromatic rings. The number of fused-ring (bicyclic) bond motifs is 3. The lowest BCUT2D eigenvalue weighted by molar-refractivity contribution is 0.00958. The van der Waals surface area contributed by atoms with Crippen LogP contribution in [0, 0.1) is 5.92 Å². The maximum absolute atomic E-state index is 11.9. The predicted octanol–water partition coefficient (Wildman–Crippen LogP) is 7.74. The summed E-state index contributed by atoms with van der Waals surface area (Å²) in [5.74, 6) is -0.0633. The Labute approximate surface area is 257 Å². The van der Waals surface area contributed by atoms with E-state index in [1.807, 2.05) is 28.9 Å². The van der Waals surface area contributed by atoms with E-state index in [1.54, 1.807) is 17.4 Å². The Kier molecular flexibility index (Phi) is 6.70. The van der Waals surface area contributed by atoms with Gasteiger partial charge in [-0.15, -0.1) is 5.10 Å². The van der Waals surface area contributed by atoms with Crippen LogP contribution in [0.4, 0.5) is 5.13 Å². The molecular weight excluding hydrogens is 593 g/mol. The minimum atomic E-state index is -0.871. The Bertz CT molecular complexity index is 1670. The number of aromatic carboxylic acids is 1. The molecule has 2 aromatic heterocycles. The van der Waals surface area contributed by atoms with Crippen LogP contribution in [-0.2, 0) is 11.3 Å². The van der Waals surface area contributed by atoms with E-state index in [4.69, 9.17) is 32.9 Å². The molecule has 8 rings (SSSR count). The number of hydrogen-bond acceptors (Lipinski definition) is 7. The van der Waals surface area contributed by atoms with Gasteiger partial charge in [0.1, 0.15) is 5.69 Å². The highest BCUT2D eigenvalue weighted by atomic mass is 35.5. The lowest BCUT2D eigenvalue weighted by Crippen LogP contribution is -2.38. The van der Waals surface area contributed by atoms with Crippen LogP contribution in [0.2, 0.25) is 10.0 Å². The maximum atomic E-state index is 11.9. The zero-order valence-electron chi connectivity index (χ0n) is 23.0. The maximum Gasteiger partial charge on any atom is 0.335 e. The van der Waals surface area contributed by atoms with Gasteiger partial charge < -0.3 is 14.7 Å². The molecule has 1 unspecified atom stereocenters. The number of carbonyl (C=O) groups is 1. The zero-order chi connectivity index (χ0) is 28.5. The quantitative estimate of drug-likeness (QED) is 0.214. The first-order valence-electron chi connectivity index (χ1n) is 14.9. The molecule has 3 aliphatic carbocycles. The van der Waals surface area contributed by atoms with E-state index >= 15 is 0 Å². The van der Waals surface area contributed by atoms with E-state index in [9.17, 15) is 9.90 Å². The smallest absolute Gasteiger partial charge is 0.335 e. The molecule has 0 spiro atoms. The minimum absolute atomic E-state index is 0.144. The van der Waals surface area contributed by atoms with Crippen LogP contribution >= 0.6 is 34.5 Å². The summed E-state index contributed by atoms with van der Waals surface area (Å²) in [7, 11) is 0. The second-order valence-corrected chi connectivity index (χ2v) is 14.1. The third-order valence-corrected chi connectivity index (χ3v) is 11.3. The lowest BCUT2D eigenvalue weighted by Gasteiger charge is -2.31. The van der Waals surface area contributed by atoms with E-state index in [0.29, 0.717) is 57.4 Å². The number of nitrogens with zero attached hydrogens (tertiary/aromatic N) is 5. The molecule has 42 heavy (non-hydrogen) atoms. The highest BCUT2D eigenvalue weighted by molar-refractivity contribution is 7.22. The van der Waals surface area contributed by atoms with Crippen molar-refractivity contribution in [2.45, 2.75) is 82.1 Å². The first-order valence-corrected chi connectivity index (χ1v) is 16.5. The van der Waals surface area contributed by atoms with Crippen molar-refractivity contribution in [3.8, 4) is 11.3 Å². The van der Waals surface area contributed by atoms with Gasteiger partial charge in [-0.05, 0) is 74.3 Å². The molecule has 0 amide bonds. The number of aromatic nitrogens is 4. The molecule has 2 bridgehead atoms. The fourth-order valence-electron chi connectivity index (χ4n) is 7.35. The molecule has 1 saturated heterocycles. The van der Waals surface area contributed by atoms with E-state index in [0.717, 1.165) is 71.7 Å². The molecule has 3 heterocycles. The van der Waals surface area contributed by atoms with Crippen LogP contribution in [0.25, 0.3) is 21.5 Å². The van der Waals surface area contributed by atoms with Crippen LogP contribution in [-0.4, -0.2) is 49.7 Å². The molecule has 3 atom stereocenters. The molecule has 0 radical (unpaired) electrons. The van der Waals surface area contributed by atoms with Crippen molar-refractivity contribution in [2.24, 2.45) is 5.92 Å². The first-order chi connectivity index (χ1) is 20.4. The summed E-state index contributed by atoms with van der Waals surface area (Å²) in [6, 6.07) is 9.88. The summed E-state index contributed by atoms with van der Waals surface area (Å²) in [5.41, 5.74) is 4.83. The molecule has 4 fully saturated rings. The first kappa shape index (κ1) is 26.9. The Hall–Kier alpha value is -2.72. The number of anilines is 1. The molecule has 1 aliphatic heterocycles. The summed E-state index contributed by atoms with van der Waals surface area (Å²) < 4.78 is 9.60. The average Bonchev–Trinajstić information content (AvgIpc) is 3.49. The fourth-order valence-corrected chi connectivity index (χ4v) is 9.04. The van der Waals surface area contributed by atoms with Crippen molar-refractivity contribution < 1.29 is 14.6 Å². The highest BCUT2D eigenvalue weighted by Crippen LogP contribution is 2.47. The van der Waals surface area contributed by atoms with E-state index in [2.05, 4.69) is 15.2 Å². The summed E-state index contributed by atoms with van der Waals surface area (Å²) in [6.07, 6.45) is 8.94. The largest absolute Gasteiger partial charge is 0.478 e. The zero-order valence-corrected chi connectivity index (χ0v) is 25.3. The fraction of sp³-hybridized carbons (Fsp3) is 0.484. The Morgan fingerprint density at radius 3 is 2.55 bits per heavy atom. The molecule has 11 heteroatoms. The van der Waals surface area contributed by atoms with Crippen molar-refractivity contribution in [3.63, 3.8) is 0 Å². The molecule has 2 aromatic carbocycles. The van der Waals surface area contributed by atoms with Crippen LogP contribution in [0.15, 0.2) is 30.3 Å². The Morgan fingerprint density at radius 2 is 1.86 bits per heavy atom. The number of carboxylic acid groups (broad SMARTS) is 1. The monoisotopic (exact) mass is 623 g/mol. The number of piperidine rings is 1. The number of halogens is 2. The number of thiazole rings is 1. The van der Waals surface area contributed by atoms with Crippen LogP contribution in [0.1, 0.15) is 84.9 Å². The number of hydrogen-bond donors (Lipinski definition) is 1. The van der Waals surface area contributed by atoms with Gasteiger partial charge in [0.2, 0.25) is 0 Å². The lowest BCUT2D eigenvalue weighted by atomic mass is 9.95. The molecular formula is C31H31Cl2N5O3S. The van der Waals surface area contributed by atoms with Crippen LogP contribution < -0.4 is 4.90 Å². The normalized spacial score (nSPS) is 24.0. The predicted molar refractivity (Wildman–Crippen MR) is 164 cm³/mol. The molecule has 4 aliphatic rings. The topological polar surface area (TPSA) is 93.4 Å². The van der Waals surface area contributed by atoms with Crippen molar-refractivity contribution in [1.82, 2.24) is 20.0 Å². The molecule has 218 valence electrons. The van der Waals surface area contributed by atoms with Crippen molar-refractivity contribution in [1.29, 1.82) is 0 Å². The van der Waals surface area contributed by atoms with Gasteiger partial charge in [0, 0.05) is 24.1 Å².